The zero-order chi connectivity index (χ0) is 42.7. The molecule has 4 aliphatic heterocycles. The maximum atomic E-state index is 13.3. The first-order valence-corrected chi connectivity index (χ1v) is 23.5. The molecule has 328 valence electrons. The number of anilines is 2. The first-order valence-electron chi connectivity index (χ1n) is 21.5. The van der Waals surface area contributed by atoms with E-state index in [0.29, 0.717) is 47.1 Å². The zero-order valence-corrected chi connectivity index (χ0v) is 37.4. The van der Waals surface area contributed by atoms with Crippen LogP contribution in [0, 0.1) is 37.3 Å². The largest absolute Gasteiger partial charge is 0.440 e. The molecule has 10 rings (SSSR count). The fourth-order valence-electron chi connectivity index (χ4n) is 9.58. The molecule has 0 unspecified atom stereocenters. The van der Waals surface area contributed by atoms with Crippen LogP contribution in [-0.4, -0.2) is 125 Å². The Bertz CT molecular complexity index is 2240. The quantitative estimate of drug-likeness (QED) is 0.0807. The number of benzene rings is 2. The number of aromatic nitrogens is 8. The van der Waals surface area contributed by atoms with E-state index in [2.05, 4.69) is 50.0 Å². The summed E-state index contributed by atoms with van der Waals surface area (Å²) in [6.45, 7) is 12.6. The molecule has 62 heavy (non-hydrogen) atoms. The number of halogens is 2. The Morgan fingerprint density at radius 3 is 1.40 bits per heavy atom. The second kappa shape index (κ2) is 18.9. The summed E-state index contributed by atoms with van der Waals surface area (Å²) in [6.07, 6.45) is 7.52. The Kier molecular flexibility index (Phi) is 13.0. The summed E-state index contributed by atoms with van der Waals surface area (Å²) >= 11 is 3.46. The van der Waals surface area contributed by atoms with E-state index in [-0.39, 0.29) is 11.6 Å². The third kappa shape index (κ3) is 9.15. The summed E-state index contributed by atoms with van der Waals surface area (Å²) in [6, 6.07) is 15.0. The summed E-state index contributed by atoms with van der Waals surface area (Å²) in [7, 11) is 3.93. The Morgan fingerprint density at radius 1 is 0.597 bits per heavy atom. The normalized spacial score (nSPS) is 21.2. The Morgan fingerprint density at radius 2 is 1.02 bits per heavy atom. The lowest BCUT2D eigenvalue weighted by Crippen LogP contribution is -2.35. The number of hydrogen-bond donors (Lipinski definition) is 0. The lowest BCUT2D eigenvalue weighted by Gasteiger charge is -2.27. The number of oxazole rings is 2. The van der Waals surface area contributed by atoms with Gasteiger partial charge in [-0.05, 0) is 113 Å². The molecule has 8 heterocycles. The van der Waals surface area contributed by atoms with Crippen molar-refractivity contribution in [1.82, 2.24) is 49.3 Å². The van der Waals surface area contributed by atoms with E-state index in [9.17, 15) is 8.78 Å². The molecule has 4 aliphatic rings. The Balaban J connectivity index is 0.000000158. The first kappa shape index (κ1) is 42.5. The van der Waals surface area contributed by atoms with Gasteiger partial charge < -0.3 is 37.6 Å². The van der Waals surface area contributed by atoms with Gasteiger partial charge in [0.2, 0.25) is 11.6 Å². The van der Waals surface area contributed by atoms with E-state index in [1.807, 2.05) is 61.3 Å². The average molecular weight is 885 g/mol. The summed E-state index contributed by atoms with van der Waals surface area (Å²) in [5.41, 5.74) is 3.93. The van der Waals surface area contributed by atoms with Crippen molar-refractivity contribution < 1.29 is 17.6 Å². The lowest BCUT2D eigenvalue weighted by molar-refractivity contribution is 0.319. The van der Waals surface area contributed by atoms with Crippen LogP contribution in [-0.2, 0) is 14.1 Å². The Labute approximate surface area is 369 Å². The minimum atomic E-state index is -0.170. The molecular weight excluding hydrogens is 831 g/mol. The highest BCUT2D eigenvalue weighted by Gasteiger charge is 2.42. The molecule has 6 aromatic rings. The maximum absolute atomic E-state index is 13.3. The van der Waals surface area contributed by atoms with Crippen LogP contribution in [0.25, 0.3) is 23.2 Å². The van der Waals surface area contributed by atoms with Crippen LogP contribution in [0.15, 0.2) is 80.5 Å². The molecule has 18 heteroatoms. The van der Waals surface area contributed by atoms with Gasteiger partial charge in [0.05, 0.1) is 11.4 Å². The maximum Gasteiger partial charge on any atom is 0.202 e. The van der Waals surface area contributed by atoms with Crippen molar-refractivity contribution in [3.63, 3.8) is 0 Å². The van der Waals surface area contributed by atoms with E-state index in [0.717, 1.165) is 110 Å². The van der Waals surface area contributed by atoms with Crippen molar-refractivity contribution in [1.29, 1.82) is 0 Å². The molecule has 0 spiro atoms. The van der Waals surface area contributed by atoms with Gasteiger partial charge in [0.25, 0.3) is 0 Å². The topological polar surface area (TPSA) is 126 Å². The molecule has 0 amide bonds. The van der Waals surface area contributed by atoms with Crippen LogP contribution in [0.5, 0.6) is 0 Å². The molecule has 2 aromatic carbocycles. The molecule has 4 atom stereocenters. The molecular formula is C44H54F2N12O2S2. The number of aryl methyl sites for hydroxylation is 2. The van der Waals surface area contributed by atoms with Gasteiger partial charge in [-0.15, -0.1) is 20.4 Å². The van der Waals surface area contributed by atoms with E-state index >= 15 is 0 Å². The number of likely N-dealkylation sites (tertiary alicyclic amines) is 2. The Hall–Kier alpha value is -4.78. The van der Waals surface area contributed by atoms with E-state index in [4.69, 9.17) is 8.83 Å². The number of hydrogen-bond acceptors (Lipinski definition) is 14. The summed E-state index contributed by atoms with van der Waals surface area (Å²) in [5.74, 6) is 5.85. The van der Waals surface area contributed by atoms with Gasteiger partial charge in [0.1, 0.15) is 11.6 Å². The number of fused-ring (bicyclic) bond motifs is 2. The molecule has 4 aromatic heterocycles. The molecule has 0 N–H and O–H groups in total. The fraction of sp³-hybridized carbons (Fsp3) is 0.500. The van der Waals surface area contributed by atoms with Gasteiger partial charge in [-0.3, -0.25) is 0 Å². The molecule has 4 fully saturated rings. The van der Waals surface area contributed by atoms with Crippen molar-refractivity contribution in [2.24, 2.45) is 25.9 Å². The van der Waals surface area contributed by atoms with Crippen LogP contribution in [0.4, 0.5) is 20.2 Å². The summed E-state index contributed by atoms with van der Waals surface area (Å²) < 4.78 is 41.4. The minimum Gasteiger partial charge on any atom is -0.440 e. The third-order valence-electron chi connectivity index (χ3n) is 12.8. The van der Waals surface area contributed by atoms with Gasteiger partial charge in [-0.25, -0.2) is 18.7 Å². The van der Waals surface area contributed by atoms with Gasteiger partial charge in [-0.1, -0.05) is 23.5 Å². The molecule has 14 nitrogen and oxygen atoms in total. The number of rotatable bonds is 14. The molecule has 0 saturated carbocycles. The monoisotopic (exact) mass is 884 g/mol. The minimum absolute atomic E-state index is 0.170. The first-order chi connectivity index (χ1) is 30.2. The highest BCUT2D eigenvalue weighted by Crippen LogP contribution is 2.37. The van der Waals surface area contributed by atoms with Crippen molar-refractivity contribution in [2.45, 2.75) is 61.9 Å². The van der Waals surface area contributed by atoms with Crippen molar-refractivity contribution in [2.75, 3.05) is 73.7 Å². The van der Waals surface area contributed by atoms with Gasteiger partial charge in [0.15, 0.2) is 34.6 Å². The van der Waals surface area contributed by atoms with Crippen LogP contribution in [0.2, 0.25) is 0 Å². The molecule has 0 radical (unpaired) electrons. The van der Waals surface area contributed by atoms with Crippen molar-refractivity contribution in [3.05, 3.63) is 84.3 Å². The standard InChI is InChI=1S/2C22H27FN6OS/c2*1-15-20(30-14-24-15)21-25-26-22(27(21)2)31-11-3-9-28-12-16-8-10-29(19(16)13-28)18-6-4-17(23)5-7-18/h2*4-7,14,16,19H,3,8-13H2,1-2H3/t2*16-,19+/m10/s1. The van der Waals surface area contributed by atoms with Gasteiger partial charge in [0, 0.05) is 88.3 Å². The van der Waals surface area contributed by atoms with E-state index < -0.39 is 0 Å². The predicted octanol–water partition coefficient (Wildman–Crippen LogP) is 7.22. The smallest absolute Gasteiger partial charge is 0.202 e. The van der Waals surface area contributed by atoms with Crippen molar-refractivity contribution >= 4 is 34.9 Å². The van der Waals surface area contributed by atoms with Crippen LogP contribution in [0.3, 0.4) is 0 Å². The zero-order valence-electron chi connectivity index (χ0n) is 35.7. The predicted molar refractivity (Wildman–Crippen MR) is 237 cm³/mol. The lowest BCUT2D eigenvalue weighted by atomic mass is 10.1. The van der Waals surface area contributed by atoms with Gasteiger partial charge >= 0.3 is 0 Å². The SMILES string of the molecule is Cc1ncoc1-c1nnc(SCCCN2C[C@@H]3CCN(c4ccc(F)cc4)[C@@H]3C2)n1C.Cc1ncoc1-c1nnc(SCCCN2C[C@H]3CCN(c4ccc(F)cc4)[C@H]3C2)n1C. The number of thioether (sulfide) groups is 2. The van der Waals surface area contributed by atoms with E-state index in [1.165, 1.54) is 25.6 Å². The van der Waals surface area contributed by atoms with Crippen LogP contribution in [0.1, 0.15) is 37.1 Å². The second-order valence-electron chi connectivity index (χ2n) is 16.8. The fourth-order valence-corrected chi connectivity index (χ4v) is 11.3. The van der Waals surface area contributed by atoms with Crippen LogP contribution >= 0.6 is 23.5 Å². The summed E-state index contributed by atoms with van der Waals surface area (Å²) in [5, 5.41) is 19.0. The average Bonchev–Trinajstić information content (AvgIpc) is 4.14. The van der Waals surface area contributed by atoms with E-state index in [1.54, 1.807) is 47.8 Å². The molecule has 0 aliphatic carbocycles. The summed E-state index contributed by atoms with van der Waals surface area (Å²) in [4.78, 5) is 18.3. The van der Waals surface area contributed by atoms with Crippen LogP contribution < -0.4 is 9.80 Å². The highest BCUT2D eigenvalue weighted by atomic mass is 32.2. The third-order valence-corrected chi connectivity index (χ3v) is 15.0. The van der Waals surface area contributed by atoms with Gasteiger partial charge in [-0.2, -0.15) is 0 Å². The number of nitrogens with zero attached hydrogens (tertiary/aromatic N) is 12. The highest BCUT2D eigenvalue weighted by molar-refractivity contribution is 7.99. The second-order valence-corrected chi connectivity index (χ2v) is 18.9. The molecule has 4 saturated heterocycles. The van der Waals surface area contributed by atoms with Crippen molar-refractivity contribution in [3.8, 4) is 23.2 Å². The molecule has 0 bridgehead atoms.